The molecule has 1 saturated carbocycles. The number of hydrogen-bond donors (Lipinski definition) is 1. The summed E-state index contributed by atoms with van der Waals surface area (Å²) in [6, 6.07) is 2.44. The maximum absolute atomic E-state index is 13.8. The molecule has 5 heteroatoms. The van der Waals surface area contributed by atoms with Gasteiger partial charge in [0, 0.05) is 11.8 Å². The maximum atomic E-state index is 13.8. The van der Waals surface area contributed by atoms with E-state index < -0.39 is 11.8 Å². The zero-order valence-corrected chi connectivity index (χ0v) is 10.9. The molecule has 104 valence electrons. The third-order valence-corrected chi connectivity index (χ3v) is 3.20. The first kappa shape index (κ1) is 13.6. The first-order valence-electron chi connectivity index (χ1n) is 6.54. The highest BCUT2D eigenvalue weighted by molar-refractivity contribution is 5.95. The van der Waals surface area contributed by atoms with E-state index in [2.05, 4.69) is 0 Å². The lowest BCUT2D eigenvalue weighted by Gasteiger charge is -2.15. The zero-order chi connectivity index (χ0) is 13.8. The molecule has 0 aromatic heterocycles. The van der Waals surface area contributed by atoms with Gasteiger partial charge in [-0.2, -0.15) is 0 Å². The summed E-state index contributed by atoms with van der Waals surface area (Å²) in [6.07, 6.45) is 4.03. The first-order valence-corrected chi connectivity index (χ1v) is 6.54. The fourth-order valence-corrected chi connectivity index (χ4v) is 2.23. The molecule has 4 nitrogen and oxygen atoms in total. The number of rotatable bonds is 4. The fourth-order valence-electron chi connectivity index (χ4n) is 2.23. The van der Waals surface area contributed by atoms with Gasteiger partial charge in [0.05, 0.1) is 18.3 Å². The van der Waals surface area contributed by atoms with E-state index in [1.807, 2.05) is 0 Å². The van der Waals surface area contributed by atoms with E-state index >= 15 is 0 Å². The van der Waals surface area contributed by atoms with E-state index in [4.69, 9.17) is 15.2 Å². The molecule has 0 atom stereocenters. The summed E-state index contributed by atoms with van der Waals surface area (Å²) < 4.78 is 24.2. The predicted molar refractivity (Wildman–Crippen MR) is 69.7 cm³/mol. The number of halogens is 1. The minimum Gasteiger partial charge on any atom is -0.487 e. The Morgan fingerprint density at radius 3 is 2.74 bits per heavy atom. The predicted octanol–water partition coefficient (Wildman–Crippen LogP) is 2.91. The second-order valence-electron chi connectivity index (χ2n) is 4.61. The molecule has 0 saturated heterocycles. The van der Waals surface area contributed by atoms with Crippen molar-refractivity contribution in [2.45, 2.75) is 38.7 Å². The van der Waals surface area contributed by atoms with Gasteiger partial charge in [0.1, 0.15) is 0 Å². The molecule has 1 aliphatic carbocycles. The highest BCUT2D eigenvalue weighted by Crippen LogP contribution is 2.29. The summed E-state index contributed by atoms with van der Waals surface area (Å²) in [5.41, 5.74) is 5.85. The molecule has 0 heterocycles. The Balaban J connectivity index is 2.22. The summed E-state index contributed by atoms with van der Waals surface area (Å²) in [6.45, 7) is 1.95. The number of nitrogens with two attached hydrogens (primary N) is 1. The van der Waals surface area contributed by atoms with Crippen molar-refractivity contribution >= 4 is 11.7 Å². The molecule has 0 spiro atoms. The van der Waals surface area contributed by atoms with Gasteiger partial charge >= 0.3 is 5.97 Å². The van der Waals surface area contributed by atoms with Crippen LogP contribution in [0.5, 0.6) is 5.75 Å². The SMILES string of the molecule is CCOC(=O)c1cc(OC2CCCC2)c(F)cc1N. The third-order valence-electron chi connectivity index (χ3n) is 3.20. The van der Waals surface area contributed by atoms with Crippen molar-refractivity contribution < 1.29 is 18.7 Å². The van der Waals surface area contributed by atoms with Crippen molar-refractivity contribution in [3.8, 4) is 5.75 Å². The second kappa shape index (κ2) is 5.91. The molecule has 1 aliphatic rings. The average Bonchev–Trinajstić information content (AvgIpc) is 2.85. The Labute approximate surface area is 111 Å². The van der Waals surface area contributed by atoms with Crippen LogP contribution in [0, 0.1) is 5.82 Å². The van der Waals surface area contributed by atoms with Crippen molar-refractivity contribution in [1.82, 2.24) is 0 Å². The van der Waals surface area contributed by atoms with Crippen LogP contribution in [0.2, 0.25) is 0 Å². The van der Waals surface area contributed by atoms with Crippen molar-refractivity contribution in [3.63, 3.8) is 0 Å². The normalized spacial score (nSPS) is 15.5. The highest BCUT2D eigenvalue weighted by atomic mass is 19.1. The number of carbonyl (C=O) groups is 1. The Morgan fingerprint density at radius 1 is 1.42 bits per heavy atom. The van der Waals surface area contributed by atoms with Crippen LogP contribution in [0.25, 0.3) is 0 Å². The molecule has 0 aliphatic heterocycles. The van der Waals surface area contributed by atoms with Gasteiger partial charge in [0.2, 0.25) is 0 Å². The molecule has 0 amide bonds. The minimum atomic E-state index is -0.559. The van der Waals surface area contributed by atoms with Crippen LogP contribution in [-0.4, -0.2) is 18.7 Å². The lowest BCUT2D eigenvalue weighted by molar-refractivity contribution is 0.0526. The summed E-state index contributed by atoms with van der Waals surface area (Å²) in [5.74, 6) is -1.03. The maximum Gasteiger partial charge on any atom is 0.340 e. The Bertz CT molecular complexity index is 470. The van der Waals surface area contributed by atoms with E-state index in [0.717, 1.165) is 31.7 Å². The molecular formula is C14H18FNO3. The lowest BCUT2D eigenvalue weighted by atomic mass is 10.1. The molecule has 0 radical (unpaired) electrons. The van der Waals surface area contributed by atoms with Gasteiger partial charge < -0.3 is 15.2 Å². The molecule has 1 aromatic carbocycles. The standard InChI is InChI=1S/C14H18FNO3/c1-2-18-14(17)10-7-13(11(15)8-12(10)16)19-9-5-3-4-6-9/h7-9H,2-6,16H2,1H3. The summed E-state index contributed by atoms with van der Waals surface area (Å²) in [7, 11) is 0. The summed E-state index contributed by atoms with van der Waals surface area (Å²) >= 11 is 0. The fraction of sp³-hybridized carbons (Fsp3) is 0.500. The number of esters is 1. The van der Waals surface area contributed by atoms with Crippen LogP contribution in [0.3, 0.4) is 0 Å². The van der Waals surface area contributed by atoms with Gasteiger partial charge in [-0.15, -0.1) is 0 Å². The van der Waals surface area contributed by atoms with Gasteiger partial charge in [-0.3, -0.25) is 0 Å². The van der Waals surface area contributed by atoms with Crippen LogP contribution in [0.15, 0.2) is 12.1 Å². The molecule has 2 rings (SSSR count). The molecular weight excluding hydrogens is 249 g/mol. The van der Waals surface area contributed by atoms with Crippen molar-refractivity contribution in [2.75, 3.05) is 12.3 Å². The Hall–Kier alpha value is -1.78. The van der Waals surface area contributed by atoms with Crippen molar-refractivity contribution in [3.05, 3.63) is 23.5 Å². The van der Waals surface area contributed by atoms with Gasteiger partial charge in [-0.25, -0.2) is 9.18 Å². The minimum absolute atomic E-state index is 0.0215. The Kier molecular flexibility index (Phi) is 4.24. The number of ether oxygens (including phenoxy) is 2. The van der Waals surface area contributed by atoms with Crippen LogP contribution < -0.4 is 10.5 Å². The first-order chi connectivity index (χ1) is 9.11. The van der Waals surface area contributed by atoms with E-state index in [1.165, 1.54) is 6.07 Å². The molecule has 19 heavy (non-hydrogen) atoms. The zero-order valence-electron chi connectivity index (χ0n) is 10.9. The smallest absolute Gasteiger partial charge is 0.340 e. The van der Waals surface area contributed by atoms with E-state index in [9.17, 15) is 9.18 Å². The Morgan fingerprint density at radius 2 is 2.11 bits per heavy atom. The third kappa shape index (κ3) is 3.16. The monoisotopic (exact) mass is 267 g/mol. The van der Waals surface area contributed by atoms with Gasteiger partial charge in [-0.1, -0.05) is 0 Å². The van der Waals surface area contributed by atoms with Gasteiger partial charge in [-0.05, 0) is 38.7 Å². The summed E-state index contributed by atoms with van der Waals surface area (Å²) in [4.78, 5) is 11.7. The van der Waals surface area contributed by atoms with E-state index in [1.54, 1.807) is 6.92 Å². The molecule has 1 fully saturated rings. The van der Waals surface area contributed by atoms with Crippen molar-refractivity contribution in [2.24, 2.45) is 0 Å². The average molecular weight is 267 g/mol. The molecule has 2 N–H and O–H groups in total. The van der Waals surface area contributed by atoms with Crippen LogP contribution in [-0.2, 0) is 4.74 Å². The largest absolute Gasteiger partial charge is 0.487 e. The lowest BCUT2D eigenvalue weighted by Crippen LogP contribution is -2.14. The second-order valence-corrected chi connectivity index (χ2v) is 4.61. The quantitative estimate of drug-likeness (QED) is 0.673. The molecule has 1 aromatic rings. The number of benzene rings is 1. The van der Waals surface area contributed by atoms with Crippen LogP contribution >= 0.6 is 0 Å². The number of anilines is 1. The summed E-state index contributed by atoms with van der Waals surface area (Å²) in [5, 5.41) is 0. The number of hydrogen-bond acceptors (Lipinski definition) is 4. The van der Waals surface area contributed by atoms with Gasteiger partial charge in [0.15, 0.2) is 11.6 Å². The van der Waals surface area contributed by atoms with Gasteiger partial charge in [0.25, 0.3) is 0 Å². The molecule has 0 bridgehead atoms. The van der Waals surface area contributed by atoms with Crippen LogP contribution in [0.1, 0.15) is 43.0 Å². The topological polar surface area (TPSA) is 61.5 Å². The molecule has 0 unspecified atom stereocenters. The highest BCUT2D eigenvalue weighted by Gasteiger charge is 2.21. The van der Waals surface area contributed by atoms with E-state index in [-0.39, 0.29) is 29.7 Å². The van der Waals surface area contributed by atoms with E-state index in [0.29, 0.717) is 0 Å². The van der Waals surface area contributed by atoms with Crippen molar-refractivity contribution in [1.29, 1.82) is 0 Å². The van der Waals surface area contributed by atoms with Crippen LogP contribution in [0.4, 0.5) is 10.1 Å². The number of carbonyl (C=O) groups excluding carboxylic acids is 1. The number of nitrogen functional groups attached to an aromatic ring is 1.